The molecule has 2 heterocycles. The van der Waals surface area contributed by atoms with Gasteiger partial charge in [0.05, 0.1) is 18.1 Å². The van der Waals surface area contributed by atoms with Gasteiger partial charge in [-0.05, 0) is 6.92 Å². The smallest absolute Gasteiger partial charge is 0.263 e. The third kappa shape index (κ3) is 3.03. The van der Waals surface area contributed by atoms with E-state index in [4.69, 9.17) is 4.74 Å². The fourth-order valence-corrected chi connectivity index (χ4v) is 1.42. The van der Waals surface area contributed by atoms with Gasteiger partial charge in [0.25, 0.3) is 5.91 Å². The minimum absolute atomic E-state index is 0.0996. The molecule has 1 N–H and O–H groups in total. The Morgan fingerprint density at radius 1 is 1.44 bits per heavy atom. The van der Waals surface area contributed by atoms with E-state index in [-0.39, 0.29) is 12.5 Å². The molecule has 0 aliphatic carbocycles. The molecule has 2 aromatic heterocycles. The molecule has 2 aromatic rings. The van der Waals surface area contributed by atoms with Crippen molar-refractivity contribution < 1.29 is 9.53 Å². The molecule has 2 rings (SSSR count). The zero-order valence-electron chi connectivity index (χ0n) is 10.1. The van der Waals surface area contributed by atoms with Gasteiger partial charge in [-0.25, -0.2) is 9.97 Å². The van der Waals surface area contributed by atoms with E-state index in [1.807, 2.05) is 6.92 Å². The number of hydrogen-bond acceptors (Lipinski definition) is 5. The second kappa shape index (κ2) is 5.26. The SMILES string of the molecule is Cc1cc(NC(=O)COc2cncnc2)n(C)n1. The first-order valence-corrected chi connectivity index (χ1v) is 5.33. The summed E-state index contributed by atoms with van der Waals surface area (Å²) in [6.45, 7) is 1.76. The van der Waals surface area contributed by atoms with Crippen LogP contribution in [0.25, 0.3) is 0 Å². The average Bonchev–Trinajstić information content (AvgIpc) is 2.67. The van der Waals surface area contributed by atoms with Gasteiger partial charge in [0.2, 0.25) is 0 Å². The summed E-state index contributed by atoms with van der Waals surface area (Å²) in [6, 6.07) is 1.78. The van der Waals surface area contributed by atoms with E-state index < -0.39 is 0 Å². The lowest BCUT2D eigenvalue weighted by Crippen LogP contribution is -2.21. The van der Waals surface area contributed by atoms with Crippen LogP contribution in [0.5, 0.6) is 5.75 Å². The van der Waals surface area contributed by atoms with Gasteiger partial charge in [-0.15, -0.1) is 0 Å². The standard InChI is InChI=1S/C11H13N5O2/c1-8-3-10(16(2)15-8)14-11(17)6-18-9-4-12-7-13-5-9/h3-5,7H,6H2,1-2H3,(H,14,17). The maximum Gasteiger partial charge on any atom is 0.263 e. The van der Waals surface area contributed by atoms with Crippen LogP contribution in [0.15, 0.2) is 24.8 Å². The van der Waals surface area contributed by atoms with Crippen LogP contribution in [0.2, 0.25) is 0 Å². The highest BCUT2D eigenvalue weighted by Crippen LogP contribution is 2.08. The highest BCUT2D eigenvalue weighted by molar-refractivity contribution is 5.91. The van der Waals surface area contributed by atoms with E-state index in [0.717, 1.165) is 5.69 Å². The van der Waals surface area contributed by atoms with Gasteiger partial charge in [0, 0.05) is 13.1 Å². The van der Waals surface area contributed by atoms with Gasteiger partial charge < -0.3 is 10.1 Å². The summed E-state index contributed by atoms with van der Waals surface area (Å²) in [5.74, 6) is 0.820. The van der Waals surface area contributed by atoms with Gasteiger partial charge in [-0.3, -0.25) is 9.48 Å². The Morgan fingerprint density at radius 2 is 2.17 bits per heavy atom. The van der Waals surface area contributed by atoms with Crippen molar-refractivity contribution in [1.82, 2.24) is 19.7 Å². The molecule has 1 amide bonds. The molecule has 0 fully saturated rings. The lowest BCUT2D eigenvalue weighted by Gasteiger charge is -2.06. The first-order valence-electron chi connectivity index (χ1n) is 5.33. The van der Waals surface area contributed by atoms with Crippen molar-refractivity contribution in [3.05, 3.63) is 30.5 Å². The molecule has 0 saturated carbocycles. The molecule has 0 radical (unpaired) electrons. The molecular formula is C11H13N5O2. The molecule has 94 valence electrons. The zero-order valence-corrected chi connectivity index (χ0v) is 10.1. The quantitative estimate of drug-likeness (QED) is 0.852. The molecule has 0 aliphatic heterocycles. The van der Waals surface area contributed by atoms with E-state index >= 15 is 0 Å². The monoisotopic (exact) mass is 247 g/mol. The second-order valence-corrected chi connectivity index (χ2v) is 3.71. The number of hydrogen-bond donors (Lipinski definition) is 1. The van der Waals surface area contributed by atoms with E-state index in [2.05, 4.69) is 20.4 Å². The number of aryl methyl sites for hydroxylation is 2. The van der Waals surface area contributed by atoms with Gasteiger partial charge in [-0.1, -0.05) is 0 Å². The third-order valence-electron chi connectivity index (χ3n) is 2.18. The van der Waals surface area contributed by atoms with Gasteiger partial charge in [-0.2, -0.15) is 5.10 Å². The van der Waals surface area contributed by atoms with Crippen LogP contribution in [-0.2, 0) is 11.8 Å². The Morgan fingerprint density at radius 3 is 2.78 bits per heavy atom. The Hall–Kier alpha value is -2.44. The number of anilines is 1. The third-order valence-corrected chi connectivity index (χ3v) is 2.18. The van der Waals surface area contributed by atoms with Crippen LogP contribution in [-0.4, -0.2) is 32.3 Å². The summed E-state index contributed by atoms with van der Waals surface area (Å²) in [6.07, 6.45) is 4.38. The van der Waals surface area contributed by atoms with E-state index in [0.29, 0.717) is 11.6 Å². The Labute approximate surface area is 104 Å². The maximum atomic E-state index is 11.6. The Balaban J connectivity index is 1.88. The largest absolute Gasteiger partial charge is 0.481 e. The Kier molecular flexibility index (Phi) is 3.52. The molecule has 0 aromatic carbocycles. The molecule has 0 aliphatic rings. The normalized spacial score (nSPS) is 10.1. The zero-order chi connectivity index (χ0) is 13.0. The molecule has 0 bridgehead atoms. The number of nitrogens with zero attached hydrogens (tertiary/aromatic N) is 4. The summed E-state index contributed by atoms with van der Waals surface area (Å²) in [4.78, 5) is 19.2. The van der Waals surface area contributed by atoms with E-state index in [1.165, 1.54) is 18.7 Å². The van der Waals surface area contributed by atoms with Crippen LogP contribution in [0.4, 0.5) is 5.82 Å². The Bertz CT molecular complexity index is 538. The van der Waals surface area contributed by atoms with Crippen molar-refractivity contribution in [3.8, 4) is 5.75 Å². The van der Waals surface area contributed by atoms with Crippen LogP contribution in [0.1, 0.15) is 5.69 Å². The first kappa shape index (κ1) is 12.0. The van der Waals surface area contributed by atoms with Crippen molar-refractivity contribution in [2.24, 2.45) is 7.05 Å². The van der Waals surface area contributed by atoms with Crippen molar-refractivity contribution in [2.75, 3.05) is 11.9 Å². The van der Waals surface area contributed by atoms with E-state index in [9.17, 15) is 4.79 Å². The van der Waals surface area contributed by atoms with Crippen LogP contribution in [0.3, 0.4) is 0 Å². The molecule has 18 heavy (non-hydrogen) atoms. The van der Waals surface area contributed by atoms with E-state index in [1.54, 1.807) is 17.8 Å². The predicted molar refractivity (Wildman–Crippen MR) is 64.1 cm³/mol. The molecular weight excluding hydrogens is 234 g/mol. The topological polar surface area (TPSA) is 81.9 Å². The number of ether oxygens (including phenoxy) is 1. The average molecular weight is 247 g/mol. The van der Waals surface area contributed by atoms with Crippen molar-refractivity contribution >= 4 is 11.7 Å². The molecule has 0 unspecified atom stereocenters. The molecule has 0 spiro atoms. The lowest BCUT2D eigenvalue weighted by molar-refractivity contribution is -0.118. The minimum Gasteiger partial charge on any atom is -0.481 e. The summed E-state index contributed by atoms with van der Waals surface area (Å²) in [5, 5.41) is 6.82. The molecule has 0 saturated heterocycles. The highest BCUT2D eigenvalue weighted by atomic mass is 16.5. The summed E-state index contributed by atoms with van der Waals surface area (Å²) < 4.78 is 6.82. The number of carbonyl (C=O) groups excluding carboxylic acids is 1. The minimum atomic E-state index is -0.262. The van der Waals surface area contributed by atoms with Crippen LogP contribution in [0, 0.1) is 6.92 Å². The summed E-state index contributed by atoms with van der Waals surface area (Å²) in [7, 11) is 1.76. The van der Waals surface area contributed by atoms with Gasteiger partial charge in [0.15, 0.2) is 12.4 Å². The van der Waals surface area contributed by atoms with Crippen molar-refractivity contribution in [3.63, 3.8) is 0 Å². The fraction of sp³-hybridized carbons (Fsp3) is 0.273. The molecule has 7 nitrogen and oxygen atoms in total. The summed E-state index contributed by atoms with van der Waals surface area (Å²) >= 11 is 0. The number of amides is 1. The lowest BCUT2D eigenvalue weighted by atomic mass is 10.4. The number of rotatable bonds is 4. The number of carbonyl (C=O) groups is 1. The van der Waals surface area contributed by atoms with Gasteiger partial charge in [0.1, 0.15) is 12.1 Å². The maximum absolute atomic E-state index is 11.6. The van der Waals surface area contributed by atoms with Crippen molar-refractivity contribution in [1.29, 1.82) is 0 Å². The number of nitrogens with one attached hydrogen (secondary N) is 1. The molecule has 0 atom stereocenters. The second-order valence-electron chi connectivity index (χ2n) is 3.71. The van der Waals surface area contributed by atoms with Crippen molar-refractivity contribution in [2.45, 2.75) is 6.92 Å². The fourth-order valence-electron chi connectivity index (χ4n) is 1.42. The summed E-state index contributed by atoms with van der Waals surface area (Å²) in [5.41, 5.74) is 0.838. The van der Waals surface area contributed by atoms with Crippen LogP contribution >= 0.6 is 0 Å². The predicted octanol–water partition coefficient (Wildman–Crippen LogP) is 0.536. The van der Waals surface area contributed by atoms with Crippen LogP contribution < -0.4 is 10.1 Å². The first-order chi connectivity index (χ1) is 8.65. The molecule has 7 heteroatoms. The van der Waals surface area contributed by atoms with Gasteiger partial charge >= 0.3 is 0 Å². The highest BCUT2D eigenvalue weighted by Gasteiger charge is 2.07. The number of aromatic nitrogens is 4.